The number of nitriles is 1. The monoisotopic (exact) mass is 233 g/mol. The van der Waals surface area contributed by atoms with Crippen LogP contribution in [0.15, 0.2) is 0 Å². The van der Waals surface area contributed by atoms with Crippen molar-refractivity contribution in [2.75, 3.05) is 6.54 Å². The SMILES string of the molecule is CC(=O)N(C#N)C1CN(S(=O)(=O)O)C1=O. The molecule has 0 aliphatic carbocycles. The molecule has 1 heterocycles. The molecule has 9 heteroatoms. The minimum absolute atomic E-state index is 0.185. The zero-order valence-corrected chi connectivity index (χ0v) is 8.43. The van der Waals surface area contributed by atoms with E-state index in [1.807, 2.05) is 0 Å². The first-order valence-corrected chi connectivity index (χ1v) is 5.17. The van der Waals surface area contributed by atoms with Gasteiger partial charge in [0.2, 0.25) is 5.91 Å². The molecule has 2 amide bonds. The Balaban J connectivity index is 2.80. The van der Waals surface area contributed by atoms with E-state index in [2.05, 4.69) is 0 Å². The Hall–Kier alpha value is -1.66. The molecule has 0 aromatic heterocycles. The van der Waals surface area contributed by atoms with Crippen molar-refractivity contribution in [1.82, 2.24) is 9.21 Å². The topological polar surface area (TPSA) is 119 Å². The molecular weight excluding hydrogens is 226 g/mol. The number of carbonyl (C=O) groups is 2. The van der Waals surface area contributed by atoms with E-state index in [0.29, 0.717) is 4.90 Å². The van der Waals surface area contributed by atoms with Crippen LogP contribution >= 0.6 is 0 Å². The minimum atomic E-state index is -4.58. The van der Waals surface area contributed by atoms with Gasteiger partial charge in [0.15, 0.2) is 6.19 Å². The van der Waals surface area contributed by atoms with Crippen molar-refractivity contribution in [1.29, 1.82) is 5.26 Å². The molecule has 1 saturated heterocycles. The summed E-state index contributed by atoms with van der Waals surface area (Å²) < 4.78 is 29.7. The van der Waals surface area contributed by atoms with Crippen molar-refractivity contribution in [3.63, 3.8) is 0 Å². The average Bonchev–Trinajstić information content (AvgIpc) is 2.07. The Labute approximate surface area is 85.6 Å². The van der Waals surface area contributed by atoms with Crippen LogP contribution in [0, 0.1) is 11.5 Å². The highest BCUT2D eigenvalue weighted by atomic mass is 32.2. The lowest BCUT2D eigenvalue weighted by molar-refractivity contribution is -0.147. The molecule has 1 rings (SSSR count). The van der Waals surface area contributed by atoms with Gasteiger partial charge in [-0.05, 0) is 0 Å². The Morgan fingerprint density at radius 1 is 1.73 bits per heavy atom. The van der Waals surface area contributed by atoms with Gasteiger partial charge in [-0.2, -0.15) is 13.7 Å². The van der Waals surface area contributed by atoms with Crippen molar-refractivity contribution in [2.45, 2.75) is 13.0 Å². The van der Waals surface area contributed by atoms with E-state index in [9.17, 15) is 18.0 Å². The zero-order valence-electron chi connectivity index (χ0n) is 7.61. The van der Waals surface area contributed by atoms with Gasteiger partial charge in [-0.1, -0.05) is 0 Å². The number of hydrogen-bond donors (Lipinski definition) is 1. The van der Waals surface area contributed by atoms with Crippen LogP contribution in [0.2, 0.25) is 0 Å². The molecule has 0 radical (unpaired) electrons. The molecule has 15 heavy (non-hydrogen) atoms. The number of β-lactam (4-membered cyclic amide) rings is 1. The summed E-state index contributed by atoms with van der Waals surface area (Å²) in [6, 6.07) is -1.13. The highest BCUT2D eigenvalue weighted by Gasteiger charge is 2.48. The molecule has 82 valence electrons. The molecule has 1 N–H and O–H groups in total. The van der Waals surface area contributed by atoms with Crippen LogP contribution in [0.3, 0.4) is 0 Å². The third-order valence-corrected chi connectivity index (χ3v) is 2.79. The maximum atomic E-state index is 11.2. The van der Waals surface area contributed by atoms with Crippen LogP contribution in [0.1, 0.15) is 6.92 Å². The number of rotatable bonds is 2. The fourth-order valence-corrected chi connectivity index (χ4v) is 1.82. The summed E-state index contributed by atoms with van der Waals surface area (Å²) in [5.41, 5.74) is 0. The smallest absolute Gasteiger partial charge is 0.274 e. The first-order valence-electron chi connectivity index (χ1n) is 3.77. The van der Waals surface area contributed by atoms with Gasteiger partial charge in [0, 0.05) is 6.92 Å². The van der Waals surface area contributed by atoms with Gasteiger partial charge in [-0.3, -0.25) is 14.1 Å². The summed E-state index contributed by atoms with van der Waals surface area (Å²) in [5.74, 6) is -1.65. The number of hydrogen-bond acceptors (Lipinski definition) is 5. The van der Waals surface area contributed by atoms with Gasteiger partial charge in [0.25, 0.3) is 5.91 Å². The van der Waals surface area contributed by atoms with E-state index in [1.54, 1.807) is 0 Å². The standard InChI is InChI=1S/C6H7N3O5S/c1-4(10)8(3-7)5-2-9(6(5)11)15(12,13)14/h5H,2H2,1H3,(H,12,13,14). The average molecular weight is 233 g/mol. The molecule has 0 aromatic rings. The van der Waals surface area contributed by atoms with Crippen molar-refractivity contribution >= 4 is 22.1 Å². The van der Waals surface area contributed by atoms with Gasteiger partial charge >= 0.3 is 10.3 Å². The number of carbonyl (C=O) groups excluding carboxylic acids is 2. The normalized spacial score (nSPS) is 20.5. The zero-order chi connectivity index (χ0) is 11.8. The first-order chi connectivity index (χ1) is 6.79. The second kappa shape index (κ2) is 3.48. The molecule has 0 aromatic carbocycles. The number of amides is 2. The number of nitrogens with zero attached hydrogens (tertiary/aromatic N) is 3. The lowest BCUT2D eigenvalue weighted by atomic mass is 10.1. The van der Waals surface area contributed by atoms with Gasteiger partial charge in [-0.25, -0.2) is 9.21 Å². The molecule has 1 fully saturated rings. The fraction of sp³-hybridized carbons (Fsp3) is 0.500. The highest BCUT2D eigenvalue weighted by Crippen LogP contribution is 2.19. The quantitative estimate of drug-likeness (QED) is 0.263. The van der Waals surface area contributed by atoms with E-state index in [0.717, 1.165) is 6.92 Å². The summed E-state index contributed by atoms with van der Waals surface area (Å²) in [6.45, 7) is 0.678. The molecule has 1 aliphatic rings. The third kappa shape index (κ3) is 1.90. The molecule has 1 unspecified atom stereocenters. The van der Waals surface area contributed by atoms with E-state index >= 15 is 0 Å². The van der Waals surface area contributed by atoms with E-state index in [1.165, 1.54) is 6.19 Å². The lowest BCUT2D eigenvalue weighted by Gasteiger charge is -2.37. The van der Waals surface area contributed by atoms with Crippen molar-refractivity contribution in [3.05, 3.63) is 0 Å². The molecule has 1 aliphatic heterocycles. The second-order valence-corrected chi connectivity index (χ2v) is 4.19. The van der Waals surface area contributed by atoms with Crippen LogP contribution < -0.4 is 0 Å². The Morgan fingerprint density at radius 3 is 2.53 bits per heavy atom. The van der Waals surface area contributed by atoms with Gasteiger partial charge < -0.3 is 0 Å². The fourth-order valence-electron chi connectivity index (χ4n) is 1.14. The molecule has 0 spiro atoms. The second-order valence-electron chi connectivity index (χ2n) is 2.85. The van der Waals surface area contributed by atoms with Gasteiger partial charge in [0.05, 0.1) is 6.54 Å². The largest absolute Gasteiger partial charge is 0.362 e. The first kappa shape index (κ1) is 11.4. The molecule has 0 saturated carbocycles. The Bertz CT molecular complexity index is 450. The van der Waals surface area contributed by atoms with Crippen molar-refractivity contribution < 1.29 is 22.6 Å². The van der Waals surface area contributed by atoms with Crippen LogP contribution in [-0.2, 0) is 19.9 Å². The highest BCUT2D eigenvalue weighted by molar-refractivity contribution is 7.84. The maximum absolute atomic E-state index is 11.2. The summed E-state index contributed by atoms with van der Waals surface area (Å²) >= 11 is 0. The summed E-state index contributed by atoms with van der Waals surface area (Å²) in [4.78, 5) is 22.5. The van der Waals surface area contributed by atoms with E-state index in [4.69, 9.17) is 9.81 Å². The summed E-state index contributed by atoms with van der Waals surface area (Å²) in [7, 11) is -4.58. The van der Waals surface area contributed by atoms with E-state index in [-0.39, 0.29) is 4.31 Å². The molecule has 8 nitrogen and oxygen atoms in total. The summed E-state index contributed by atoms with van der Waals surface area (Å²) in [5, 5.41) is 8.51. The summed E-state index contributed by atoms with van der Waals surface area (Å²) in [6.07, 6.45) is 1.47. The van der Waals surface area contributed by atoms with E-state index < -0.39 is 34.7 Å². The van der Waals surface area contributed by atoms with Crippen LogP contribution in [-0.4, -0.2) is 46.6 Å². The van der Waals surface area contributed by atoms with Crippen molar-refractivity contribution in [3.8, 4) is 6.19 Å². The molecule has 1 atom stereocenters. The predicted octanol–water partition coefficient (Wildman–Crippen LogP) is -1.67. The van der Waals surface area contributed by atoms with Crippen LogP contribution in [0.25, 0.3) is 0 Å². The minimum Gasteiger partial charge on any atom is -0.274 e. The Morgan fingerprint density at radius 2 is 2.27 bits per heavy atom. The van der Waals surface area contributed by atoms with Gasteiger partial charge in [-0.15, -0.1) is 0 Å². The Kier molecular flexibility index (Phi) is 2.65. The lowest BCUT2D eigenvalue weighted by Crippen LogP contribution is -2.64. The van der Waals surface area contributed by atoms with Crippen LogP contribution in [0.5, 0.6) is 0 Å². The van der Waals surface area contributed by atoms with Gasteiger partial charge in [0.1, 0.15) is 6.04 Å². The third-order valence-electron chi connectivity index (χ3n) is 1.91. The maximum Gasteiger partial charge on any atom is 0.362 e. The molecule has 0 bridgehead atoms. The van der Waals surface area contributed by atoms with Crippen molar-refractivity contribution in [2.24, 2.45) is 0 Å². The molecular formula is C6H7N3O5S. The predicted molar refractivity (Wildman–Crippen MR) is 45.2 cm³/mol. The van der Waals surface area contributed by atoms with Crippen LogP contribution in [0.4, 0.5) is 0 Å².